The lowest BCUT2D eigenvalue weighted by molar-refractivity contribution is 0.0732. The van der Waals surface area contributed by atoms with Gasteiger partial charge in [-0.05, 0) is 25.8 Å². The lowest BCUT2D eigenvalue weighted by Crippen LogP contribution is -2.36. The van der Waals surface area contributed by atoms with Gasteiger partial charge in [-0.25, -0.2) is 9.67 Å². The summed E-state index contributed by atoms with van der Waals surface area (Å²) in [5.74, 6) is 0.204. The van der Waals surface area contributed by atoms with Gasteiger partial charge in [-0.2, -0.15) is 10.2 Å². The minimum atomic E-state index is -0.256. The van der Waals surface area contributed by atoms with E-state index in [0.717, 1.165) is 17.7 Å². The summed E-state index contributed by atoms with van der Waals surface area (Å²) >= 11 is 0. The van der Waals surface area contributed by atoms with E-state index in [0.29, 0.717) is 36.0 Å². The van der Waals surface area contributed by atoms with Crippen LogP contribution >= 0.6 is 0 Å². The Kier molecular flexibility index (Phi) is 3.48. The molecule has 0 spiro atoms. The van der Waals surface area contributed by atoms with Gasteiger partial charge in [0.2, 0.25) is 5.95 Å². The molecule has 128 valence electrons. The van der Waals surface area contributed by atoms with E-state index in [9.17, 15) is 9.59 Å². The lowest BCUT2D eigenvalue weighted by Gasteiger charge is -2.26. The number of aryl methyl sites for hydroxylation is 1. The first kappa shape index (κ1) is 15.3. The van der Waals surface area contributed by atoms with Gasteiger partial charge in [-0.15, -0.1) is 0 Å². The molecule has 4 heterocycles. The average Bonchev–Trinajstić information content (AvgIpc) is 3.18. The highest BCUT2D eigenvalue weighted by Crippen LogP contribution is 2.20. The van der Waals surface area contributed by atoms with Gasteiger partial charge in [-0.3, -0.25) is 19.7 Å². The van der Waals surface area contributed by atoms with Gasteiger partial charge in [0.1, 0.15) is 0 Å². The third-order valence-corrected chi connectivity index (χ3v) is 4.39. The number of hydrogen-bond acceptors (Lipinski definition) is 5. The normalized spacial score (nSPS) is 13.8. The number of carbonyl (C=O) groups excluding carboxylic acids is 1. The highest BCUT2D eigenvalue weighted by atomic mass is 16.2. The molecule has 0 saturated carbocycles. The van der Waals surface area contributed by atoms with Crippen molar-refractivity contribution in [1.82, 2.24) is 34.8 Å². The van der Waals surface area contributed by atoms with Gasteiger partial charge in [0, 0.05) is 18.3 Å². The molecule has 0 unspecified atom stereocenters. The molecule has 0 saturated heterocycles. The van der Waals surface area contributed by atoms with E-state index in [1.807, 2.05) is 0 Å². The molecule has 0 aliphatic carbocycles. The van der Waals surface area contributed by atoms with Crippen LogP contribution in [0.4, 0.5) is 0 Å². The predicted molar refractivity (Wildman–Crippen MR) is 88.5 cm³/mol. The molecule has 0 bridgehead atoms. The van der Waals surface area contributed by atoms with Crippen molar-refractivity contribution in [3.63, 3.8) is 0 Å². The molecule has 25 heavy (non-hydrogen) atoms. The SMILES string of the molecule is Cc1cc(=O)[nH]c(-n2ncc(C(=O)N3CCc4cn[nH]c4C3)c2C)n1. The molecule has 4 rings (SSSR count). The molecule has 0 aromatic carbocycles. The van der Waals surface area contributed by atoms with Gasteiger partial charge in [0.15, 0.2) is 0 Å². The first-order valence-corrected chi connectivity index (χ1v) is 7.96. The number of aromatic amines is 2. The van der Waals surface area contributed by atoms with Crippen LogP contribution in [0, 0.1) is 13.8 Å². The van der Waals surface area contributed by atoms with E-state index in [-0.39, 0.29) is 11.5 Å². The molecule has 9 nitrogen and oxygen atoms in total. The van der Waals surface area contributed by atoms with Crippen LogP contribution in [-0.2, 0) is 13.0 Å². The van der Waals surface area contributed by atoms with Gasteiger partial charge < -0.3 is 4.90 Å². The number of fused-ring (bicyclic) bond motifs is 1. The quantitative estimate of drug-likeness (QED) is 0.706. The second kappa shape index (κ2) is 5.69. The second-order valence-corrected chi connectivity index (χ2v) is 6.12. The summed E-state index contributed by atoms with van der Waals surface area (Å²) in [4.78, 5) is 33.2. The molecule has 1 aliphatic heterocycles. The lowest BCUT2D eigenvalue weighted by atomic mass is 10.1. The largest absolute Gasteiger partial charge is 0.332 e. The van der Waals surface area contributed by atoms with Crippen molar-refractivity contribution in [3.8, 4) is 5.95 Å². The number of H-pyrrole nitrogens is 2. The number of aromatic nitrogens is 6. The predicted octanol–water partition coefficient (Wildman–Crippen LogP) is 0.494. The summed E-state index contributed by atoms with van der Waals surface area (Å²) < 4.78 is 1.48. The van der Waals surface area contributed by atoms with E-state index in [4.69, 9.17) is 0 Å². The van der Waals surface area contributed by atoms with Crippen LogP contribution in [-0.4, -0.2) is 47.3 Å². The molecule has 0 atom stereocenters. The van der Waals surface area contributed by atoms with E-state index >= 15 is 0 Å². The molecular weight excluding hydrogens is 322 g/mol. The van der Waals surface area contributed by atoms with Crippen molar-refractivity contribution >= 4 is 5.91 Å². The van der Waals surface area contributed by atoms with Gasteiger partial charge in [-0.1, -0.05) is 0 Å². The Bertz CT molecular complexity index is 1010. The minimum Gasteiger partial charge on any atom is -0.332 e. The highest BCUT2D eigenvalue weighted by molar-refractivity contribution is 5.95. The van der Waals surface area contributed by atoms with Crippen molar-refractivity contribution in [2.45, 2.75) is 26.8 Å². The van der Waals surface area contributed by atoms with Crippen LogP contribution in [0.3, 0.4) is 0 Å². The number of amides is 1. The number of nitrogens with one attached hydrogen (secondary N) is 2. The van der Waals surface area contributed by atoms with Gasteiger partial charge >= 0.3 is 0 Å². The van der Waals surface area contributed by atoms with Crippen molar-refractivity contribution in [2.75, 3.05) is 6.54 Å². The van der Waals surface area contributed by atoms with E-state index < -0.39 is 0 Å². The standard InChI is InChI=1S/C16H17N7O2/c1-9-5-14(24)20-16(19-9)23-10(2)12(7-18-23)15(25)22-4-3-11-6-17-21-13(11)8-22/h5-7H,3-4,8H2,1-2H3,(H,17,21)(H,19,20,24). The van der Waals surface area contributed by atoms with Gasteiger partial charge in [0.25, 0.3) is 11.5 Å². The number of hydrogen-bond donors (Lipinski definition) is 2. The van der Waals surface area contributed by atoms with Crippen LogP contribution in [0.25, 0.3) is 5.95 Å². The Morgan fingerprint density at radius 3 is 2.92 bits per heavy atom. The molecule has 0 radical (unpaired) electrons. The zero-order chi connectivity index (χ0) is 17.6. The summed E-state index contributed by atoms with van der Waals surface area (Å²) in [7, 11) is 0. The third kappa shape index (κ3) is 2.63. The smallest absolute Gasteiger partial charge is 0.257 e. The van der Waals surface area contributed by atoms with E-state index in [2.05, 4.69) is 25.3 Å². The van der Waals surface area contributed by atoms with Crippen molar-refractivity contribution in [1.29, 1.82) is 0 Å². The van der Waals surface area contributed by atoms with E-state index in [1.54, 1.807) is 24.9 Å². The molecule has 3 aromatic heterocycles. The number of nitrogens with zero attached hydrogens (tertiary/aromatic N) is 5. The van der Waals surface area contributed by atoms with Crippen LogP contribution in [0.1, 0.15) is 33.0 Å². The number of rotatable bonds is 2. The molecule has 2 N–H and O–H groups in total. The molecule has 1 aliphatic rings. The Hall–Kier alpha value is -3.23. The first-order chi connectivity index (χ1) is 12.0. The number of carbonyl (C=O) groups is 1. The Morgan fingerprint density at radius 2 is 2.12 bits per heavy atom. The maximum Gasteiger partial charge on any atom is 0.257 e. The first-order valence-electron chi connectivity index (χ1n) is 7.96. The maximum absolute atomic E-state index is 12.9. The Morgan fingerprint density at radius 1 is 1.28 bits per heavy atom. The zero-order valence-corrected chi connectivity index (χ0v) is 13.9. The summed E-state index contributed by atoms with van der Waals surface area (Å²) in [6, 6.07) is 1.41. The summed E-state index contributed by atoms with van der Waals surface area (Å²) in [6.45, 7) is 4.65. The Labute approximate surface area is 142 Å². The fraction of sp³-hybridized carbons (Fsp3) is 0.312. The summed E-state index contributed by atoms with van der Waals surface area (Å²) in [6.07, 6.45) is 4.10. The molecule has 9 heteroatoms. The molecule has 3 aromatic rings. The van der Waals surface area contributed by atoms with Crippen LogP contribution in [0.2, 0.25) is 0 Å². The zero-order valence-electron chi connectivity index (χ0n) is 13.9. The molecule has 0 fully saturated rings. The van der Waals surface area contributed by atoms with Gasteiger partial charge in [0.05, 0.1) is 35.9 Å². The minimum absolute atomic E-state index is 0.0981. The fourth-order valence-electron chi connectivity index (χ4n) is 3.06. The van der Waals surface area contributed by atoms with E-state index in [1.165, 1.54) is 16.9 Å². The van der Waals surface area contributed by atoms with Crippen molar-refractivity contribution in [2.24, 2.45) is 0 Å². The highest BCUT2D eigenvalue weighted by Gasteiger charge is 2.26. The van der Waals surface area contributed by atoms with Crippen LogP contribution in [0.5, 0.6) is 0 Å². The summed E-state index contributed by atoms with van der Waals surface area (Å²) in [5.41, 5.74) is 3.58. The van der Waals surface area contributed by atoms with Crippen molar-refractivity contribution in [3.05, 3.63) is 57.0 Å². The molecule has 1 amide bonds. The average molecular weight is 339 g/mol. The van der Waals surface area contributed by atoms with Crippen molar-refractivity contribution < 1.29 is 4.79 Å². The topological polar surface area (TPSA) is 113 Å². The second-order valence-electron chi connectivity index (χ2n) is 6.12. The monoisotopic (exact) mass is 339 g/mol. The summed E-state index contributed by atoms with van der Waals surface area (Å²) in [5, 5.41) is 11.2. The van der Waals surface area contributed by atoms with Crippen LogP contribution < -0.4 is 5.56 Å². The molecular formula is C16H17N7O2. The maximum atomic E-state index is 12.9. The Balaban J connectivity index is 1.65. The fourth-order valence-corrected chi connectivity index (χ4v) is 3.06. The van der Waals surface area contributed by atoms with Crippen LogP contribution in [0.15, 0.2) is 23.3 Å². The third-order valence-electron chi connectivity index (χ3n) is 4.39.